The molecule has 0 aromatic carbocycles. The molecular weight excluding hydrogens is 841 g/mol. The Hall–Kier alpha value is -1.59. The molecule has 0 heterocycles. The molecule has 0 aliphatic rings. The van der Waals surface area contributed by atoms with Crippen LogP contribution < -0.4 is 0 Å². The molecule has 68 heavy (non-hydrogen) atoms. The van der Waals surface area contributed by atoms with Gasteiger partial charge in [-0.3, -0.25) is 14.4 Å². The lowest BCUT2D eigenvalue weighted by atomic mass is 9.99. The zero-order valence-corrected chi connectivity index (χ0v) is 46.7. The van der Waals surface area contributed by atoms with Crippen LogP contribution in [-0.2, 0) is 28.6 Å². The first-order chi connectivity index (χ1) is 33.3. The molecule has 0 saturated heterocycles. The molecule has 0 saturated carbocycles. The van der Waals surface area contributed by atoms with Gasteiger partial charge in [0.1, 0.15) is 13.2 Å². The molecular formula is C62H120O6. The number of esters is 3. The second-order valence-electron chi connectivity index (χ2n) is 21.8. The average molecular weight is 962 g/mol. The molecule has 6 heteroatoms. The van der Waals surface area contributed by atoms with Crippen LogP contribution in [0.4, 0.5) is 0 Å². The minimum absolute atomic E-state index is 0.0624. The lowest BCUT2D eigenvalue weighted by Crippen LogP contribution is -2.30. The summed E-state index contributed by atoms with van der Waals surface area (Å²) in [5, 5.41) is 0. The van der Waals surface area contributed by atoms with Gasteiger partial charge in [0, 0.05) is 19.3 Å². The second kappa shape index (κ2) is 54.7. The fourth-order valence-corrected chi connectivity index (χ4v) is 9.52. The fourth-order valence-electron chi connectivity index (χ4n) is 9.52. The van der Waals surface area contributed by atoms with Gasteiger partial charge in [-0.15, -0.1) is 0 Å². The Morgan fingerprint density at radius 2 is 0.515 bits per heavy atom. The Morgan fingerprint density at radius 3 is 0.765 bits per heavy atom. The van der Waals surface area contributed by atoms with Crippen LogP contribution in [0.3, 0.4) is 0 Å². The number of hydrogen-bond donors (Lipinski definition) is 0. The number of hydrogen-bond acceptors (Lipinski definition) is 6. The van der Waals surface area contributed by atoms with Crippen molar-refractivity contribution < 1.29 is 28.6 Å². The molecule has 0 N–H and O–H groups in total. The predicted molar refractivity (Wildman–Crippen MR) is 293 cm³/mol. The Labute approximate surface area is 425 Å². The van der Waals surface area contributed by atoms with Crippen LogP contribution in [-0.4, -0.2) is 37.2 Å². The molecule has 6 nitrogen and oxygen atoms in total. The summed E-state index contributed by atoms with van der Waals surface area (Å²) in [6.45, 7) is 11.5. The summed E-state index contributed by atoms with van der Waals surface area (Å²) >= 11 is 0. The molecule has 0 spiro atoms. The highest BCUT2D eigenvalue weighted by Gasteiger charge is 2.19. The van der Waals surface area contributed by atoms with Crippen LogP contribution in [0.15, 0.2) is 0 Å². The molecule has 0 rings (SSSR count). The van der Waals surface area contributed by atoms with Crippen molar-refractivity contribution in [3.8, 4) is 0 Å². The molecule has 0 aromatic heterocycles. The third kappa shape index (κ3) is 52.2. The monoisotopic (exact) mass is 961 g/mol. The maximum Gasteiger partial charge on any atom is 0.306 e. The summed E-state index contributed by atoms with van der Waals surface area (Å²) in [5.74, 6) is 0.942. The SMILES string of the molecule is CCCCCCCCCCCCCCCCC(=O)OC[C@H](COC(=O)CCCCCCCCCCCCCCCCCCCCC(C)CC)OC(=O)CCCCCCCCCCCCC(C)CC. The Kier molecular flexibility index (Phi) is 53.5. The van der Waals surface area contributed by atoms with Gasteiger partial charge in [0.05, 0.1) is 0 Å². The summed E-state index contributed by atoms with van der Waals surface area (Å²) in [6.07, 6.45) is 59.4. The number of rotatable bonds is 56. The van der Waals surface area contributed by atoms with Crippen molar-refractivity contribution in [2.24, 2.45) is 11.8 Å². The van der Waals surface area contributed by atoms with Crippen LogP contribution in [0.5, 0.6) is 0 Å². The smallest absolute Gasteiger partial charge is 0.306 e. The maximum absolute atomic E-state index is 12.9. The molecule has 0 aromatic rings. The predicted octanol–water partition coefficient (Wildman–Crippen LogP) is 20.4. The van der Waals surface area contributed by atoms with Crippen LogP contribution in [0, 0.1) is 11.8 Å². The Bertz CT molecular complexity index is 1040. The van der Waals surface area contributed by atoms with Gasteiger partial charge in [-0.05, 0) is 31.1 Å². The standard InChI is InChI=1S/C62H120O6/c1-6-9-10-11-12-13-14-15-23-26-32-37-42-47-52-60(63)66-55-59(68-62(65)54-49-44-39-34-29-28-31-36-41-46-51-58(5)8-3)56-67-61(64)53-48-43-38-33-27-24-21-19-17-16-18-20-22-25-30-35-40-45-50-57(4)7-2/h57-59H,6-56H2,1-5H3/t57?,58?,59-/m1/s1. The van der Waals surface area contributed by atoms with E-state index in [9.17, 15) is 14.4 Å². The number of unbranched alkanes of at least 4 members (excludes halogenated alkanes) is 39. The molecule has 2 unspecified atom stereocenters. The highest BCUT2D eigenvalue weighted by molar-refractivity contribution is 5.71. The van der Waals surface area contributed by atoms with Gasteiger partial charge in [-0.1, -0.05) is 311 Å². The first-order valence-corrected chi connectivity index (χ1v) is 30.8. The third-order valence-corrected chi connectivity index (χ3v) is 14.9. The number of ether oxygens (including phenoxy) is 3. The van der Waals surface area contributed by atoms with Gasteiger partial charge < -0.3 is 14.2 Å². The van der Waals surface area contributed by atoms with Crippen molar-refractivity contribution in [1.82, 2.24) is 0 Å². The van der Waals surface area contributed by atoms with E-state index in [1.807, 2.05) is 0 Å². The summed E-state index contributed by atoms with van der Waals surface area (Å²) in [4.78, 5) is 38.2. The first kappa shape index (κ1) is 66.4. The summed E-state index contributed by atoms with van der Waals surface area (Å²) < 4.78 is 16.9. The minimum Gasteiger partial charge on any atom is -0.462 e. The van der Waals surface area contributed by atoms with Crippen molar-refractivity contribution in [3.05, 3.63) is 0 Å². The van der Waals surface area contributed by atoms with Gasteiger partial charge in [-0.25, -0.2) is 0 Å². The molecule has 0 aliphatic carbocycles. The first-order valence-electron chi connectivity index (χ1n) is 30.8. The maximum atomic E-state index is 12.9. The fraction of sp³-hybridized carbons (Fsp3) is 0.952. The average Bonchev–Trinajstić information content (AvgIpc) is 3.34. The largest absolute Gasteiger partial charge is 0.462 e. The number of carbonyl (C=O) groups is 3. The second-order valence-corrected chi connectivity index (χ2v) is 21.8. The van der Waals surface area contributed by atoms with E-state index >= 15 is 0 Å². The van der Waals surface area contributed by atoms with Crippen LogP contribution in [0.1, 0.15) is 349 Å². The van der Waals surface area contributed by atoms with E-state index in [2.05, 4.69) is 34.6 Å². The molecule has 0 aliphatic heterocycles. The zero-order chi connectivity index (χ0) is 49.6. The van der Waals surface area contributed by atoms with E-state index in [1.54, 1.807) is 0 Å². The summed E-state index contributed by atoms with van der Waals surface area (Å²) in [7, 11) is 0. The minimum atomic E-state index is -0.763. The molecule has 0 amide bonds. The highest BCUT2D eigenvalue weighted by Crippen LogP contribution is 2.19. The summed E-state index contributed by atoms with van der Waals surface area (Å²) in [6, 6.07) is 0. The quantitative estimate of drug-likeness (QED) is 0.0343. The molecule has 404 valence electrons. The van der Waals surface area contributed by atoms with Crippen molar-refractivity contribution in [2.45, 2.75) is 355 Å². The van der Waals surface area contributed by atoms with Gasteiger partial charge in [0.15, 0.2) is 6.10 Å². The van der Waals surface area contributed by atoms with Crippen molar-refractivity contribution in [3.63, 3.8) is 0 Å². The topological polar surface area (TPSA) is 78.9 Å². The zero-order valence-electron chi connectivity index (χ0n) is 46.7. The van der Waals surface area contributed by atoms with Crippen molar-refractivity contribution >= 4 is 17.9 Å². The van der Waals surface area contributed by atoms with E-state index in [0.717, 1.165) is 69.6 Å². The van der Waals surface area contributed by atoms with E-state index in [-0.39, 0.29) is 31.1 Å². The number of carbonyl (C=O) groups excluding carboxylic acids is 3. The highest BCUT2D eigenvalue weighted by atomic mass is 16.6. The van der Waals surface area contributed by atoms with Gasteiger partial charge >= 0.3 is 17.9 Å². The normalized spacial score (nSPS) is 12.8. The molecule has 0 radical (unpaired) electrons. The van der Waals surface area contributed by atoms with Crippen LogP contribution >= 0.6 is 0 Å². The van der Waals surface area contributed by atoms with Crippen molar-refractivity contribution in [2.75, 3.05) is 13.2 Å². The van der Waals surface area contributed by atoms with Crippen molar-refractivity contribution in [1.29, 1.82) is 0 Å². The summed E-state index contributed by atoms with van der Waals surface area (Å²) in [5.41, 5.74) is 0. The van der Waals surface area contributed by atoms with Crippen LogP contribution in [0.25, 0.3) is 0 Å². The Balaban J connectivity index is 4.24. The van der Waals surface area contributed by atoms with Crippen LogP contribution in [0.2, 0.25) is 0 Å². The van der Waals surface area contributed by atoms with E-state index in [1.165, 1.54) is 238 Å². The molecule has 3 atom stereocenters. The lowest BCUT2D eigenvalue weighted by molar-refractivity contribution is -0.167. The molecule has 0 fully saturated rings. The Morgan fingerprint density at radius 1 is 0.294 bits per heavy atom. The van der Waals surface area contributed by atoms with Gasteiger partial charge in [0.25, 0.3) is 0 Å². The van der Waals surface area contributed by atoms with Gasteiger partial charge in [0.2, 0.25) is 0 Å². The van der Waals surface area contributed by atoms with E-state index < -0.39 is 6.10 Å². The third-order valence-electron chi connectivity index (χ3n) is 14.9. The van der Waals surface area contributed by atoms with E-state index in [4.69, 9.17) is 14.2 Å². The van der Waals surface area contributed by atoms with Gasteiger partial charge in [-0.2, -0.15) is 0 Å². The van der Waals surface area contributed by atoms with E-state index in [0.29, 0.717) is 19.3 Å². The lowest BCUT2D eigenvalue weighted by Gasteiger charge is -2.18. The molecule has 0 bridgehead atoms.